The molecule has 31 heavy (non-hydrogen) atoms. The van der Waals surface area contributed by atoms with E-state index in [2.05, 4.69) is 24.4 Å². The van der Waals surface area contributed by atoms with Gasteiger partial charge in [-0.2, -0.15) is 0 Å². The van der Waals surface area contributed by atoms with E-state index in [0.29, 0.717) is 29.4 Å². The summed E-state index contributed by atoms with van der Waals surface area (Å²) >= 11 is 6.13. The highest BCUT2D eigenvalue weighted by atomic mass is 35.5. The molecule has 0 aromatic heterocycles. The Labute approximate surface area is 187 Å². The van der Waals surface area contributed by atoms with Crippen molar-refractivity contribution in [2.75, 3.05) is 23.3 Å². The van der Waals surface area contributed by atoms with Gasteiger partial charge in [0.25, 0.3) is 5.91 Å². The molecule has 3 aromatic rings. The molecule has 0 radical (unpaired) electrons. The molecule has 1 N–H and O–H groups in total. The Hall–Kier alpha value is -3.31. The molecule has 1 fully saturated rings. The first-order valence-corrected chi connectivity index (χ1v) is 10.7. The summed E-state index contributed by atoms with van der Waals surface area (Å²) in [6, 6.07) is 22.5. The molecule has 1 aliphatic rings. The van der Waals surface area contributed by atoms with Gasteiger partial charge in [-0.3, -0.25) is 9.69 Å². The first-order chi connectivity index (χ1) is 15.0. The van der Waals surface area contributed by atoms with Crippen molar-refractivity contribution in [3.8, 4) is 0 Å². The first-order valence-electron chi connectivity index (χ1n) is 10.3. The van der Waals surface area contributed by atoms with Crippen LogP contribution in [0.2, 0.25) is 5.02 Å². The number of halogens is 1. The van der Waals surface area contributed by atoms with Crippen molar-refractivity contribution in [1.82, 2.24) is 4.90 Å². The summed E-state index contributed by atoms with van der Waals surface area (Å²) in [7, 11) is 0. The van der Waals surface area contributed by atoms with Gasteiger partial charge in [0, 0.05) is 31.0 Å². The van der Waals surface area contributed by atoms with Gasteiger partial charge in [0.15, 0.2) is 0 Å². The summed E-state index contributed by atoms with van der Waals surface area (Å²) in [6.07, 6.45) is 0.883. The summed E-state index contributed by atoms with van der Waals surface area (Å²) < 4.78 is 0. The molecule has 0 bridgehead atoms. The number of carbonyl (C=O) groups excluding carboxylic acids is 2. The number of nitrogens with one attached hydrogen (secondary N) is 1. The molecule has 158 valence electrons. The number of hydrogen-bond donors (Lipinski definition) is 1. The number of carbonyl (C=O) groups is 2. The van der Waals surface area contributed by atoms with Crippen molar-refractivity contribution in [2.24, 2.45) is 0 Å². The molecule has 4 rings (SSSR count). The van der Waals surface area contributed by atoms with Crippen molar-refractivity contribution < 1.29 is 9.59 Å². The molecule has 0 spiro atoms. The standard InChI is InChI=1S/C25H24ClN3O2/c1-18-7-4-8-19(15-18)17-28-13-6-14-29(25(28)31)21-10-5-9-20(16-21)27-24(30)22-11-2-3-12-23(22)26/h2-5,7-12,15-16H,6,13-14,17H2,1H3,(H,27,30). The Bertz CT molecular complexity index is 1120. The minimum atomic E-state index is -0.284. The fraction of sp³-hybridized carbons (Fsp3) is 0.200. The number of amides is 3. The number of hydrogen-bond acceptors (Lipinski definition) is 2. The number of anilines is 2. The minimum absolute atomic E-state index is 0.0256. The third-order valence-electron chi connectivity index (χ3n) is 5.30. The van der Waals surface area contributed by atoms with Crippen molar-refractivity contribution in [3.05, 3.63) is 94.5 Å². The quantitative estimate of drug-likeness (QED) is 0.558. The van der Waals surface area contributed by atoms with Crippen LogP contribution in [0.4, 0.5) is 16.2 Å². The van der Waals surface area contributed by atoms with E-state index < -0.39 is 0 Å². The van der Waals surface area contributed by atoms with E-state index in [9.17, 15) is 9.59 Å². The fourth-order valence-electron chi connectivity index (χ4n) is 3.79. The number of rotatable bonds is 5. The van der Waals surface area contributed by atoms with Crippen LogP contribution < -0.4 is 10.2 Å². The van der Waals surface area contributed by atoms with Gasteiger partial charge in [0.1, 0.15) is 0 Å². The van der Waals surface area contributed by atoms with E-state index in [4.69, 9.17) is 11.6 Å². The second kappa shape index (κ2) is 9.23. The van der Waals surface area contributed by atoms with E-state index in [0.717, 1.165) is 24.2 Å². The highest BCUT2D eigenvalue weighted by Crippen LogP contribution is 2.25. The van der Waals surface area contributed by atoms with Gasteiger partial charge in [-0.15, -0.1) is 0 Å². The Balaban J connectivity index is 1.49. The maximum atomic E-state index is 13.2. The monoisotopic (exact) mass is 433 g/mol. The molecule has 1 aliphatic heterocycles. The van der Waals surface area contributed by atoms with Crippen molar-refractivity contribution in [2.45, 2.75) is 19.9 Å². The number of urea groups is 1. The summed E-state index contributed by atoms with van der Waals surface area (Å²) in [4.78, 5) is 29.4. The minimum Gasteiger partial charge on any atom is -0.322 e. The molecule has 0 aliphatic carbocycles. The number of benzene rings is 3. The summed E-state index contributed by atoms with van der Waals surface area (Å²) in [6.45, 7) is 4.01. The fourth-order valence-corrected chi connectivity index (χ4v) is 4.02. The molecule has 3 amide bonds. The van der Waals surface area contributed by atoms with Crippen LogP contribution in [0.1, 0.15) is 27.9 Å². The molecule has 3 aromatic carbocycles. The van der Waals surface area contributed by atoms with Gasteiger partial charge >= 0.3 is 6.03 Å². The van der Waals surface area contributed by atoms with Crippen LogP contribution in [-0.2, 0) is 6.54 Å². The van der Waals surface area contributed by atoms with Crippen LogP contribution in [0.25, 0.3) is 0 Å². The largest absolute Gasteiger partial charge is 0.324 e. The molecular formula is C25H24ClN3O2. The normalized spacial score (nSPS) is 13.9. The van der Waals surface area contributed by atoms with Crippen LogP contribution in [0.5, 0.6) is 0 Å². The number of nitrogens with zero attached hydrogens (tertiary/aromatic N) is 2. The lowest BCUT2D eigenvalue weighted by molar-refractivity contribution is 0.102. The Morgan fingerprint density at radius 2 is 1.81 bits per heavy atom. The molecule has 6 heteroatoms. The van der Waals surface area contributed by atoms with Gasteiger partial charge in [0.2, 0.25) is 0 Å². The first kappa shape index (κ1) is 20.9. The third kappa shape index (κ3) is 4.89. The third-order valence-corrected chi connectivity index (χ3v) is 5.63. The maximum absolute atomic E-state index is 13.2. The highest BCUT2D eigenvalue weighted by Gasteiger charge is 2.27. The molecule has 1 saturated heterocycles. The van der Waals surface area contributed by atoms with Gasteiger partial charge in [-0.1, -0.05) is 59.6 Å². The van der Waals surface area contributed by atoms with Gasteiger partial charge in [-0.25, -0.2) is 4.79 Å². The molecule has 5 nitrogen and oxygen atoms in total. The summed E-state index contributed by atoms with van der Waals surface area (Å²) in [5.74, 6) is -0.284. The Kier molecular flexibility index (Phi) is 6.23. The Morgan fingerprint density at radius 1 is 1.00 bits per heavy atom. The van der Waals surface area contributed by atoms with Crippen LogP contribution in [0.3, 0.4) is 0 Å². The molecule has 1 heterocycles. The molecule has 0 saturated carbocycles. The second-order valence-corrected chi connectivity index (χ2v) is 8.09. The lowest BCUT2D eigenvalue weighted by Gasteiger charge is -2.36. The SMILES string of the molecule is Cc1cccc(CN2CCCN(c3cccc(NC(=O)c4ccccc4Cl)c3)C2=O)c1. The average molecular weight is 434 g/mol. The van der Waals surface area contributed by atoms with Gasteiger partial charge < -0.3 is 10.2 Å². The van der Waals surface area contributed by atoms with Crippen molar-refractivity contribution in [3.63, 3.8) is 0 Å². The van der Waals surface area contributed by atoms with Crippen LogP contribution in [0.15, 0.2) is 72.8 Å². The molecular weight excluding hydrogens is 410 g/mol. The summed E-state index contributed by atoms with van der Waals surface area (Å²) in [5, 5.41) is 3.27. The van der Waals surface area contributed by atoms with E-state index in [1.54, 1.807) is 35.2 Å². The molecule has 0 atom stereocenters. The lowest BCUT2D eigenvalue weighted by atomic mass is 10.1. The molecule has 0 unspecified atom stereocenters. The summed E-state index contributed by atoms with van der Waals surface area (Å²) in [5.41, 5.74) is 4.09. The highest BCUT2D eigenvalue weighted by molar-refractivity contribution is 6.34. The smallest absolute Gasteiger partial charge is 0.322 e. The predicted molar refractivity (Wildman–Crippen MR) is 125 cm³/mol. The van der Waals surface area contributed by atoms with Crippen LogP contribution in [-0.4, -0.2) is 29.9 Å². The van der Waals surface area contributed by atoms with E-state index in [1.807, 2.05) is 35.2 Å². The number of aryl methyl sites for hydroxylation is 1. The zero-order valence-electron chi connectivity index (χ0n) is 17.3. The van der Waals surface area contributed by atoms with E-state index in [-0.39, 0.29) is 11.9 Å². The van der Waals surface area contributed by atoms with Crippen molar-refractivity contribution in [1.29, 1.82) is 0 Å². The van der Waals surface area contributed by atoms with Gasteiger partial charge in [0.05, 0.1) is 10.6 Å². The average Bonchev–Trinajstić information content (AvgIpc) is 2.76. The zero-order chi connectivity index (χ0) is 21.8. The van der Waals surface area contributed by atoms with E-state index >= 15 is 0 Å². The maximum Gasteiger partial charge on any atom is 0.324 e. The van der Waals surface area contributed by atoms with Crippen molar-refractivity contribution >= 4 is 34.9 Å². The zero-order valence-corrected chi connectivity index (χ0v) is 18.1. The Morgan fingerprint density at radius 3 is 2.61 bits per heavy atom. The topological polar surface area (TPSA) is 52.6 Å². The van der Waals surface area contributed by atoms with Gasteiger partial charge in [-0.05, 0) is 49.2 Å². The predicted octanol–water partition coefficient (Wildman–Crippen LogP) is 5.73. The second-order valence-electron chi connectivity index (χ2n) is 7.68. The lowest BCUT2D eigenvalue weighted by Crippen LogP contribution is -2.49. The van der Waals surface area contributed by atoms with Crippen LogP contribution >= 0.6 is 11.6 Å². The van der Waals surface area contributed by atoms with E-state index in [1.165, 1.54) is 5.56 Å². The van der Waals surface area contributed by atoms with Crippen LogP contribution in [0, 0.1) is 6.92 Å².